The van der Waals surface area contributed by atoms with E-state index in [1.165, 1.54) is 0 Å². The van der Waals surface area contributed by atoms with Crippen molar-refractivity contribution in [2.45, 2.75) is 24.7 Å². The summed E-state index contributed by atoms with van der Waals surface area (Å²) in [6.07, 6.45) is 6.68. The van der Waals surface area contributed by atoms with Crippen molar-refractivity contribution in [1.29, 1.82) is 5.26 Å². The summed E-state index contributed by atoms with van der Waals surface area (Å²) in [6, 6.07) is 12.5. The maximum absolute atomic E-state index is 10.5. The molecular weight excluding hydrogens is 342 g/mol. The van der Waals surface area contributed by atoms with Crippen molar-refractivity contribution < 1.29 is 9.90 Å². The summed E-state index contributed by atoms with van der Waals surface area (Å²) in [4.78, 5) is 19.5. The van der Waals surface area contributed by atoms with E-state index in [4.69, 9.17) is 5.11 Å². The lowest BCUT2D eigenvalue weighted by Crippen LogP contribution is -2.22. The zero-order valence-electron chi connectivity index (χ0n) is 14.7. The molecule has 7 nitrogen and oxygen atoms in total. The molecule has 1 aliphatic carbocycles. The van der Waals surface area contributed by atoms with Crippen LogP contribution in [0.2, 0.25) is 0 Å². The average molecular weight is 361 g/mol. The van der Waals surface area contributed by atoms with E-state index in [0.717, 1.165) is 35.1 Å². The van der Waals surface area contributed by atoms with Crippen molar-refractivity contribution in [2.75, 3.05) is 6.54 Å². The molecule has 1 aliphatic rings. The number of imidazole rings is 1. The van der Waals surface area contributed by atoms with Gasteiger partial charge in [-0.3, -0.25) is 4.57 Å². The molecule has 2 atom stereocenters. The topological polar surface area (TPSA) is 104 Å². The standard InChI is InChI=1S/C20H19N5O2/c21-12-20(9-16(20)6-3-7-22-19(26)27)17-11-25(13-24-17)18-8-14-4-1-2-5-15(14)10-23-18/h1-2,4-5,8,10-11,13,16,22H,3,6-7,9H2,(H,26,27)/t16-,20+/m1/s1. The Labute approximate surface area is 156 Å². The average Bonchev–Trinajstić information content (AvgIpc) is 3.17. The minimum Gasteiger partial charge on any atom is -0.465 e. The van der Waals surface area contributed by atoms with Gasteiger partial charge in [0.2, 0.25) is 0 Å². The van der Waals surface area contributed by atoms with Crippen LogP contribution in [-0.4, -0.2) is 32.3 Å². The Bertz CT molecular complexity index is 1040. The predicted octanol–water partition coefficient (Wildman–Crippen LogP) is 3.25. The molecule has 0 aliphatic heterocycles. The van der Waals surface area contributed by atoms with Gasteiger partial charge >= 0.3 is 6.09 Å². The van der Waals surface area contributed by atoms with Crippen LogP contribution in [0, 0.1) is 17.2 Å². The molecule has 2 aromatic heterocycles. The minimum absolute atomic E-state index is 0.214. The molecule has 1 fully saturated rings. The first-order chi connectivity index (χ1) is 13.1. The zero-order chi connectivity index (χ0) is 18.9. The summed E-state index contributed by atoms with van der Waals surface area (Å²) >= 11 is 0. The second-order valence-electron chi connectivity index (χ2n) is 6.91. The molecule has 0 radical (unpaired) electrons. The number of fused-ring (bicyclic) bond motifs is 1. The second kappa shape index (κ2) is 6.72. The van der Waals surface area contributed by atoms with Crippen LogP contribution in [-0.2, 0) is 5.41 Å². The van der Waals surface area contributed by atoms with Gasteiger partial charge in [0.25, 0.3) is 0 Å². The number of rotatable bonds is 6. The van der Waals surface area contributed by atoms with E-state index >= 15 is 0 Å². The third kappa shape index (κ3) is 3.22. The molecule has 4 rings (SSSR count). The van der Waals surface area contributed by atoms with Crippen LogP contribution in [0.25, 0.3) is 16.6 Å². The molecule has 136 valence electrons. The molecule has 7 heteroatoms. The number of benzene rings is 1. The highest BCUT2D eigenvalue weighted by Gasteiger charge is 2.57. The number of aromatic nitrogens is 3. The lowest BCUT2D eigenvalue weighted by Gasteiger charge is -2.06. The van der Waals surface area contributed by atoms with Crippen molar-refractivity contribution in [1.82, 2.24) is 19.9 Å². The molecular formula is C20H19N5O2. The normalized spacial score (nSPS) is 20.9. The van der Waals surface area contributed by atoms with Crippen LogP contribution in [0.15, 0.2) is 49.1 Å². The fourth-order valence-corrected chi connectivity index (χ4v) is 3.62. The lowest BCUT2D eigenvalue weighted by atomic mass is 9.99. The van der Waals surface area contributed by atoms with Crippen LogP contribution in [0.1, 0.15) is 25.0 Å². The first kappa shape index (κ1) is 17.0. The Hall–Kier alpha value is -3.40. The Kier molecular flexibility index (Phi) is 4.24. The summed E-state index contributed by atoms with van der Waals surface area (Å²) in [5, 5.41) is 22.9. The summed E-state index contributed by atoms with van der Waals surface area (Å²) in [5.41, 5.74) is 0.196. The van der Waals surface area contributed by atoms with Gasteiger partial charge in [-0.25, -0.2) is 14.8 Å². The SMILES string of the molecule is N#C[C@@]1(c2cn(-c3cc4ccccc4cn3)cn2)C[C@H]1CCCNC(=O)O. The van der Waals surface area contributed by atoms with E-state index in [9.17, 15) is 10.1 Å². The molecule has 1 amide bonds. The summed E-state index contributed by atoms with van der Waals surface area (Å²) in [7, 11) is 0. The van der Waals surface area contributed by atoms with Crippen LogP contribution >= 0.6 is 0 Å². The fourth-order valence-electron chi connectivity index (χ4n) is 3.62. The van der Waals surface area contributed by atoms with Gasteiger partial charge in [-0.15, -0.1) is 0 Å². The van der Waals surface area contributed by atoms with Gasteiger partial charge in [-0.05, 0) is 36.6 Å². The van der Waals surface area contributed by atoms with Crippen LogP contribution in [0.5, 0.6) is 0 Å². The van der Waals surface area contributed by atoms with E-state index < -0.39 is 11.5 Å². The molecule has 2 heterocycles. The van der Waals surface area contributed by atoms with Gasteiger partial charge in [0.1, 0.15) is 17.6 Å². The van der Waals surface area contributed by atoms with Gasteiger partial charge in [-0.1, -0.05) is 24.3 Å². The molecule has 2 N–H and O–H groups in total. The third-order valence-electron chi connectivity index (χ3n) is 5.23. The lowest BCUT2D eigenvalue weighted by molar-refractivity contribution is 0.194. The summed E-state index contributed by atoms with van der Waals surface area (Å²) in [6.45, 7) is 0.406. The van der Waals surface area contributed by atoms with Crippen molar-refractivity contribution in [2.24, 2.45) is 5.92 Å². The van der Waals surface area contributed by atoms with Crippen molar-refractivity contribution in [3.63, 3.8) is 0 Å². The maximum Gasteiger partial charge on any atom is 0.404 e. The molecule has 0 bridgehead atoms. The van der Waals surface area contributed by atoms with E-state index in [0.29, 0.717) is 13.0 Å². The quantitative estimate of drug-likeness (QED) is 0.656. The highest BCUT2D eigenvalue weighted by molar-refractivity contribution is 5.82. The number of hydrogen-bond acceptors (Lipinski definition) is 4. The minimum atomic E-state index is -1.01. The number of pyridine rings is 1. The van der Waals surface area contributed by atoms with E-state index in [2.05, 4.69) is 21.4 Å². The number of nitrogens with one attached hydrogen (secondary N) is 1. The molecule has 0 spiro atoms. The Balaban J connectivity index is 1.49. The van der Waals surface area contributed by atoms with E-state index in [1.807, 2.05) is 47.3 Å². The summed E-state index contributed by atoms with van der Waals surface area (Å²) < 4.78 is 1.85. The van der Waals surface area contributed by atoms with Crippen LogP contribution in [0.3, 0.4) is 0 Å². The Morgan fingerprint density at radius 1 is 1.37 bits per heavy atom. The molecule has 0 unspecified atom stereocenters. The van der Waals surface area contributed by atoms with Gasteiger partial charge in [0.15, 0.2) is 0 Å². The maximum atomic E-state index is 10.5. The number of hydrogen-bond donors (Lipinski definition) is 2. The largest absolute Gasteiger partial charge is 0.465 e. The highest BCUT2D eigenvalue weighted by atomic mass is 16.4. The predicted molar refractivity (Wildman–Crippen MR) is 99.5 cm³/mol. The number of nitriles is 1. The monoisotopic (exact) mass is 361 g/mol. The zero-order valence-corrected chi connectivity index (χ0v) is 14.7. The Morgan fingerprint density at radius 3 is 2.96 bits per heavy atom. The van der Waals surface area contributed by atoms with Crippen LogP contribution < -0.4 is 5.32 Å². The van der Waals surface area contributed by atoms with Gasteiger partial charge in [0.05, 0.1) is 11.8 Å². The third-order valence-corrected chi connectivity index (χ3v) is 5.23. The number of amides is 1. The van der Waals surface area contributed by atoms with Crippen molar-refractivity contribution in [3.05, 3.63) is 54.7 Å². The van der Waals surface area contributed by atoms with Gasteiger partial charge < -0.3 is 10.4 Å². The molecule has 27 heavy (non-hydrogen) atoms. The highest BCUT2D eigenvalue weighted by Crippen LogP contribution is 2.55. The van der Waals surface area contributed by atoms with E-state index in [1.54, 1.807) is 6.33 Å². The fraction of sp³-hybridized carbons (Fsp3) is 0.300. The Morgan fingerprint density at radius 2 is 2.19 bits per heavy atom. The molecule has 0 saturated heterocycles. The molecule has 3 aromatic rings. The molecule has 1 aromatic carbocycles. The van der Waals surface area contributed by atoms with Crippen LogP contribution in [0.4, 0.5) is 4.79 Å². The van der Waals surface area contributed by atoms with Crippen molar-refractivity contribution in [3.8, 4) is 11.9 Å². The van der Waals surface area contributed by atoms with E-state index in [-0.39, 0.29) is 5.92 Å². The van der Waals surface area contributed by atoms with Gasteiger partial charge in [0, 0.05) is 24.3 Å². The first-order valence-corrected chi connectivity index (χ1v) is 8.90. The van der Waals surface area contributed by atoms with Gasteiger partial charge in [-0.2, -0.15) is 5.26 Å². The second-order valence-corrected chi connectivity index (χ2v) is 6.91. The summed E-state index contributed by atoms with van der Waals surface area (Å²) in [5.74, 6) is 0.981. The molecule has 1 saturated carbocycles. The number of carboxylic acid groups (broad SMARTS) is 1. The number of nitrogens with zero attached hydrogens (tertiary/aromatic N) is 4. The number of carbonyl (C=O) groups is 1. The smallest absolute Gasteiger partial charge is 0.404 e. The van der Waals surface area contributed by atoms with Crippen molar-refractivity contribution >= 4 is 16.9 Å². The first-order valence-electron chi connectivity index (χ1n) is 8.90.